The van der Waals surface area contributed by atoms with E-state index in [1.807, 2.05) is 43.2 Å². The standard InChI is InChI=1S/C18H23N5O/c1-22-12-14(11-20-22)17-13(6-5-9-24-17)10-19-18-21-15-7-3-4-8-16(15)23(18)2/h3-4,7-8,11-13,17H,5-6,9-10H2,1-2H3,(H,19,21)/t13-,17+/m0/s1. The molecule has 1 saturated heterocycles. The SMILES string of the molecule is Cn1cc([C@@H]2OCCC[C@H]2CNc2nc3ccccc3n2C)cn1. The van der Waals surface area contributed by atoms with Crippen molar-refractivity contribution in [1.82, 2.24) is 19.3 Å². The van der Waals surface area contributed by atoms with Gasteiger partial charge in [-0.1, -0.05) is 12.1 Å². The number of anilines is 1. The number of benzene rings is 1. The third kappa shape index (κ3) is 2.78. The van der Waals surface area contributed by atoms with E-state index in [1.165, 1.54) is 0 Å². The first kappa shape index (κ1) is 15.2. The van der Waals surface area contributed by atoms with Gasteiger partial charge in [0, 0.05) is 44.9 Å². The summed E-state index contributed by atoms with van der Waals surface area (Å²) in [6, 6.07) is 8.20. The van der Waals surface area contributed by atoms with Crippen molar-refractivity contribution in [3.8, 4) is 0 Å². The molecule has 4 rings (SSSR count). The molecule has 126 valence electrons. The highest BCUT2D eigenvalue weighted by molar-refractivity contribution is 5.78. The highest BCUT2D eigenvalue weighted by Crippen LogP contribution is 2.33. The average molecular weight is 325 g/mol. The van der Waals surface area contributed by atoms with Crippen LogP contribution in [0.1, 0.15) is 24.5 Å². The number of hydrogen-bond acceptors (Lipinski definition) is 4. The van der Waals surface area contributed by atoms with Gasteiger partial charge in [0.05, 0.1) is 23.3 Å². The average Bonchev–Trinajstić information content (AvgIpc) is 3.17. The quantitative estimate of drug-likeness (QED) is 0.801. The Balaban J connectivity index is 1.51. The van der Waals surface area contributed by atoms with Gasteiger partial charge < -0.3 is 14.6 Å². The summed E-state index contributed by atoms with van der Waals surface area (Å²) in [5.41, 5.74) is 3.32. The summed E-state index contributed by atoms with van der Waals surface area (Å²) < 4.78 is 9.99. The van der Waals surface area contributed by atoms with Gasteiger partial charge in [-0.05, 0) is 25.0 Å². The monoisotopic (exact) mass is 325 g/mol. The molecule has 0 spiro atoms. The van der Waals surface area contributed by atoms with E-state index in [0.29, 0.717) is 5.92 Å². The Bertz CT molecular complexity index is 837. The fourth-order valence-corrected chi connectivity index (χ4v) is 3.53. The number of imidazole rings is 1. The van der Waals surface area contributed by atoms with E-state index in [9.17, 15) is 0 Å². The summed E-state index contributed by atoms with van der Waals surface area (Å²) in [6.45, 7) is 1.67. The minimum Gasteiger partial charge on any atom is -0.373 e. The maximum Gasteiger partial charge on any atom is 0.203 e. The summed E-state index contributed by atoms with van der Waals surface area (Å²) in [7, 11) is 3.99. The number of nitrogens with one attached hydrogen (secondary N) is 1. The molecule has 6 nitrogen and oxygen atoms in total. The van der Waals surface area contributed by atoms with Gasteiger partial charge in [0.25, 0.3) is 0 Å². The zero-order chi connectivity index (χ0) is 16.5. The van der Waals surface area contributed by atoms with E-state index in [-0.39, 0.29) is 6.10 Å². The van der Waals surface area contributed by atoms with Crippen LogP contribution in [0.5, 0.6) is 0 Å². The van der Waals surface area contributed by atoms with Crippen molar-refractivity contribution in [3.05, 3.63) is 42.2 Å². The van der Waals surface area contributed by atoms with E-state index in [0.717, 1.165) is 48.5 Å². The zero-order valence-corrected chi connectivity index (χ0v) is 14.1. The summed E-state index contributed by atoms with van der Waals surface area (Å²) in [6.07, 6.45) is 6.33. The molecule has 1 aromatic carbocycles. The summed E-state index contributed by atoms with van der Waals surface area (Å²) in [5.74, 6) is 1.33. The number of fused-ring (bicyclic) bond motifs is 1. The zero-order valence-electron chi connectivity index (χ0n) is 14.1. The smallest absolute Gasteiger partial charge is 0.203 e. The summed E-state index contributed by atoms with van der Waals surface area (Å²) in [5, 5.41) is 7.81. The van der Waals surface area contributed by atoms with Crippen molar-refractivity contribution in [1.29, 1.82) is 0 Å². The number of aromatic nitrogens is 4. The first-order chi connectivity index (χ1) is 11.7. The Hall–Kier alpha value is -2.34. The van der Waals surface area contributed by atoms with Crippen LogP contribution in [0.25, 0.3) is 11.0 Å². The highest BCUT2D eigenvalue weighted by atomic mass is 16.5. The van der Waals surface area contributed by atoms with Gasteiger partial charge in [0.1, 0.15) is 0 Å². The molecule has 3 aromatic rings. The molecule has 0 bridgehead atoms. The Morgan fingerprint density at radius 1 is 1.29 bits per heavy atom. The van der Waals surface area contributed by atoms with Crippen LogP contribution in [-0.2, 0) is 18.8 Å². The number of aryl methyl sites for hydroxylation is 2. The first-order valence-corrected chi connectivity index (χ1v) is 8.48. The van der Waals surface area contributed by atoms with Crippen LogP contribution < -0.4 is 5.32 Å². The van der Waals surface area contributed by atoms with E-state index in [2.05, 4.69) is 27.2 Å². The molecule has 3 heterocycles. The van der Waals surface area contributed by atoms with Gasteiger partial charge in [0.15, 0.2) is 0 Å². The lowest BCUT2D eigenvalue weighted by molar-refractivity contribution is -0.0239. The van der Waals surface area contributed by atoms with Gasteiger partial charge in [-0.15, -0.1) is 0 Å². The number of para-hydroxylation sites is 2. The Labute approximate surface area is 141 Å². The number of hydrogen-bond donors (Lipinski definition) is 1. The van der Waals surface area contributed by atoms with Gasteiger partial charge in [-0.3, -0.25) is 4.68 Å². The highest BCUT2D eigenvalue weighted by Gasteiger charge is 2.28. The molecule has 2 atom stereocenters. The maximum atomic E-state index is 6.05. The first-order valence-electron chi connectivity index (χ1n) is 8.48. The molecule has 1 N–H and O–H groups in total. The lowest BCUT2D eigenvalue weighted by Gasteiger charge is -2.31. The number of rotatable bonds is 4. The molecule has 24 heavy (non-hydrogen) atoms. The van der Waals surface area contributed by atoms with Crippen molar-refractivity contribution in [3.63, 3.8) is 0 Å². The van der Waals surface area contributed by atoms with Gasteiger partial charge in [-0.25, -0.2) is 4.98 Å². The molecular formula is C18H23N5O. The summed E-state index contributed by atoms with van der Waals surface area (Å²) >= 11 is 0. The van der Waals surface area contributed by atoms with E-state index in [4.69, 9.17) is 9.72 Å². The molecule has 0 saturated carbocycles. The molecule has 0 aliphatic carbocycles. The second-order valence-corrected chi connectivity index (χ2v) is 6.51. The fourth-order valence-electron chi connectivity index (χ4n) is 3.53. The van der Waals surface area contributed by atoms with Crippen LogP contribution in [0.2, 0.25) is 0 Å². The van der Waals surface area contributed by atoms with Crippen LogP contribution in [-0.4, -0.2) is 32.5 Å². The molecule has 0 amide bonds. The minimum atomic E-state index is 0.106. The van der Waals surface area contributed by atoms with Crippen LogP contribution in [0.3, 0.4) is 0 Å². The maximum absolute atomic E-state index is 6.05. The van der Waals surface area contributed by atoms with Crippen molar-refractivity contribution in [2.24, 2.45) is 20.0 Å². The van der Waals surface area contributed by atoms with Crippen molar-refractivity contribution < 1.29 is 4.74 Å². The number of ether oxygens (including phenoxy) is 1. The fraction of sp³-hybridized carbons (Fsp3) is 0.444. The number of nitrogens with zero attached hydrogens (tertiary/aromatic N) is 4. The van der Waals surface area contributed by atoms with Crippen LogP contribution in [0.15, 0.2) is 36.7 Å². The lowest BCUT2D eigenvalue weighted by Crippen LogP contribution is -2.28. The lowest BCUT2D eigenvalue weighted by atomic mass is 9.91. The predicted octanol–water partition coefficient (Wildman–Crippen LogP) is 2.89. The van der Waals surface area contributed by atoms with Gasteiger partial charge in [0.2, 0.25) is 5.95 Å². The second-order valence-electron chi connectivity index (χ2n) is 6.51. The van der Waals surface area contributed by atoms with E-state index < -0.39 is 0 Å². The summed E-state index contributed by atoms with van der Waals surface area (Å²) in [4.78, 5) is 4.69. The predicted molar refractivity (Wildman–Crippen MR) is 93.8 cm³/mol. The topological polar surface area (TPSA) is 56.9 Å². The molecule has 1 fully saturated rings. The molecule has 0 radical (unpaired) electrons. The molecular weight excluding hydrogens is 302 g/mol. The third-order valence-corrected chi connectivity index (χ3v) is 4.81. The third-order valence-electron chi connectivity index (χ3n) is 4.81. The Morgan fingerprint density at radius 3 is 2.96 bits per heavy atom. The van der Waals surface area contributed by atoms with Gasteiger partial charge >= 0.3 is 0 Å². The van der Waals surface area contributed by atoms with E-state index >= 15 is 0 Å². The molecule has 1 aliphatic rings. The Morgan fingerprint density at radius 2 is 2.17 bits per heavy atom. The van der Waals surface area contributed by atoms with Crippen LogP contribution in [0, 0.1) is 5.92 Å². The largest absolute Gasteiger partial charge is 0.373 e. The van der Waals surface area contributed by atoms with Crippen molar-refractivity contribution in [2.45, 2.75) is 18.9 Å². The Kier molecular flexibility index (Phi) is 3.98. The van der Waals surface area contributed by atoms with Gasteiger partial charge in [-0.2, -0.15) is 5.10 Å². The normalized spacial score (nSPS) is 21.2. The second kappa shape index (κ2) is 6.28. The van der Waals surface area contributed by atoms with Crippen molar-refractivity contribution >= 4 is 17.0 Å². The molecule has 2 aromatic heterocycles. The van der Waals surface area contributed by atoms with E-state index in [1.54, 1.807) is 0 Å². The molecule has 1 aliphatic heterocycles. The molecule has 6 heteroatoms. The molecule has 0 unspecified atom stereocenters. The minimum absolute atomic E-state index is 0.106. The van der Waals surface area contributed by atoms with Crippen LogP contribution >= 0.6 is 0 Å². The van der Waals surface area contributed by atoms with Crippen LogP contribution in [0.4, 0.5) is 5.95 Å². The van der Waals surface area contributed by atoms with Crippen molar-refractivity contribution in [2.75, 3.05) is 18.5 Å².